The summed E-state index contributed by atoms with van der Waals surface area (Å²) in [6.45, 7) is -0.800. The van der Waals surface area contributed by atoms with Crippen molar-refractivity contribution >= 4 is 34.4 Å². The number of nitrogens with two attached hydrogens (primary N) is 1. The van der Waals surface area contributed by atoms with Crippen LogP contribution < -0.4 is 11.1 Å². The normalized spacial score (nSPS) is 11.8. The van der Waals surface area contributed by atoms with E-state index in [1.165, 1.54) is 24.4 Å². The maximum atomic E-state index is 13.7. The van der Waals surface area contributed by atoms with Crippen LogP contribution in [0.3, 0.4) is 0 Å². The minimum absolute atomic E-state index is 0.0988. The van der Waals surface area contributed by atoms with Gasteiger partial charge in [-0.2, -0.15) is 26.3 Å². The molecule has 0 aliphatic heterocycles. The summed E-state index contributed by atoms with van der Waals surface area (Å²) in [5.74, 6) is -2.16. The number of pyridine rings is 2. The summed E-state index contributed by atoms with van der Waals surface area (Å²) in [7, 11) is 0. The summed E-state index contributed by atoms with van der Waals surface area (Å²) in [4.78, 5) is 38.9. The number of benzene rings is 1. The number of carbonyl (C=O) groups excluding carboxylic acids is 2. The number of aromatic nitrogens is 4. The zero-order chi connectivity index (χ0) is 27.7. The van der Waals surface area contributed by atoms with Crippen molar-refractivity contribution in [1.82, 2.24) is 19.9 Å². The molecule has 3 aromatic heterocycles. The molecule has 0 unspecified atom stereocenters. The molecule has 1 amide bonds. The summed E-state index contributed by atoms with van der Waals surface area (Å²) in [6, 6.07) is 6.96. The van der Waals surface area contributed by atoms with Gasteiger partial charge in [-0.15, -0.1) is 0 Å². The number of hydrogen-bond donors (Lipinski definition) is 2. The highest BCUT2D eigenvalue weighted by Crippen LogP contribution is 2.36. The maximum Gasteiger partial charge on any atom is 0.418 e. The van der Waals surface area contributed by atoms with E-state index in [-0.39, 0.29) is 28.2 Å². The van der Waals surface area contributed by atoms with E-state index in [2.05, 4.69) is 30.0 Å². The van der Waals surface area contributed by atoms with Crippen LogP contribution in [0.15, 0.2) is 54.9 Å². The summed E-state index contributed by atoms with van der Waals surface area (Å²) in [6.07, 6.45) is -7.15. The summed E-state index contributed by atoms with van der Waals surface area (Å²) in [5, 5.41) is 2.86. The molecule has 0 radical (unpaired) electrons. The van der Waals surface area contributed by atoms with Crippen LogP contribution >= 0.6 is 0 Å². The fourth-order valence-corrected chi connectivity index (χ4v) is 3.24. The van der Waals surface area contributed by atoms with Crippen molar-refractivity contribution in [3.8, 4) is 11.4 Å². The molecule has 15 heteroatoms. The SMILES string of the molecule is NC(=O)COC(=O)c1ccc(C(F)(F)F)c(-c2cnc3c(Nc4ccc(C(F)(F)F)cc4)ccnc3n2)n1. The second kappa shape index (κ2) is 9.91. The molecule has 0 spiro atoms. The van der Waals surface area contributed by atoms with Gasteiger partial charge in [0.15, 0.2) is 12.3 Å². The Morgan fingerprint density at radius 1 is 0.895 bits per heavy atom. The van der Waals surface area contributed by atoms with Gasteiger partial charge in [0.25, 0.3) is 5.91 Å². The largest absolute Gasteiger partial charge is 0.451 e. The topological polar surface area (TPSA) is 133 Å². The molecule has 0 saturated heterocycles. The molecule has 1 aromatic carbocycles. The molecule has 0 fully saturated rings. The fraction of sp³-hybridized carbons (Fsp3) is 0.130. The maximum absolute atomic E-state index is 13.7. The van der Waals surface area contributed by atoms with Gasteiger partial charge in [-0.1, -0.05) is 0 Å². The summed E-state index contributed by atoms with van der Waals surface area (Å²) < 4.78 is 84.1. The van der Waals surface area contributed by atoms with Crippen molar-refractivity contribution in [2.75, 3.05) is 11.9 Å². The van der Waals surface area contributed by atoms with Crippen LogP contribution in [-0.4, -0.2) is 38.4 Å². The number of alkyl halides is 6. The molecular weight excluding hydrogens is 522 g/mol. The van der Waals surface area contributed by atoms with Crippen LogP contribution in [-0.2, 0) is 21.9 Å². The van der Waals surface area contributed by atoms with Crippen LogP contribution in [0.2, 0.25) is 0 Å². The van der Waals surface area contributed by atoms with Gasteiger partial charge < -0.3 is 15.8 Å². The minimum atomic E-state index is -4.88. The van der Waals surface area contributed by atoms with Crippen LogP contribution in [0.4, 0.5) is 37.7 Å². The van der Waals surface area contributed by atoms with E-state index in [0.29, 0.717) is 6.07 Å². The highest BCUT2D eigenvalue weighted by Gasteiger charge is 2.36. The van der Waals surface area contributed by atoms with Gasteiger partial charge >= 0.3 is 18.3 Å². The van der Waals surface area contributed by atoms with E-state index in [1.807, 2.05) is 0 Å². The second-order valence-electron chi connectivity index (χ2n) is 7.62. The van der Waals surface area contributed by atoms with Crippen LogP contribution in [0.5, 0.6) is 0 Å². The van der Waals surface area contributed by atoms with Gasteiger partial charge in [-0.3, -0.25) is 4.79 Å². The fourth-order valence-electron chi connectivity index (χ4n) is 3.24. The molecule has 0 atom stereocenters. The van der Waals surface area contributed by atoms with Crippen molar-refractivity contribution in [3.63, 3.8) is 0 Å². The number of nitrogens with zero attached hydrogens (tertiary/aromatic N) is 4. The predicted octanol–water partition coefficient (Wildman–Crippen LogP) is 4.51. The van der Waals surface area contributed by atoms with Crippen LogP contribution in [0.1, 0.15) is 21.6 Å². The second-order valence-corrected chi connectivity index (χ2v) is 7.62. The van der Waals surface area contributed by atoms with Crippen molar-refractivity contribution in [1.29, 1.82) is 0 Å². The third kappa shape index (κ3) is 5.77. The van der Waals surface area contributed by atoms with E-state index in [4.69, 9.17) is 5.73 Å². The Hall–Kier alpha value is -4.82. The summed E-state index contributed by atoms with van der Waals surface area (Å²) in [5.41, 5.74) is 1.68. The lowest BCUT2D eigenvalue weighted by atomic mass is 10.1. The lowest BCUT2D eigenvalue weighted by molar-refractivity contribution is -0.138. The molecular formula is C23H14F6N6O3. The Balaban J connectivity index is 1.71. The van der Waals surface area contributed by atoms with Gasteiger partial charge in [0.05, 0.1) is 23.0 Å². The first-order chi connectivity index (χ1) is 17.8. The molecule has 0 aliphatic rings. The third-order valence-corrected chi connectivity index (χ3v) is 4.94. The van der Waals surface area contributed by atoms with Gasteiger partial charge in [-0.25, -0.2) is 24.7 Å². The van der Waals surface area contributed by atoms with Crippen LogP contribution in [0.25, 0.3) is 22.6 Å². The molecule has 3 heterocycles. The Morgan fingerprint density at radius 2 is 1.61 bits per heavy atom. The van der Waals surface area contributed by atoms with Gasteiger partial charge in [0.1, 0.15) is 22.6 Å². The Labute approximate surface area is 208 Å². The van der Waals surface area contributed by atoms with Crippen molar-refractivity contribution in [2.24, 2.45) is 5.73 Å². The zero-order valence-electron chi connectivity index (χ0n) is 18.8. The van der Waals surface area contributed by atoms with E-state index in [9.17, 15) is 35.9 Å². The van der Waals surface area contributed by atoms with Crippen molar-refractivity contribution in [2.45, 2.75) is 12.4 Å². The molecule has 9 nitrogen and oxygen atoms in total. The number of carbonyl (C=O) groups is 2. The molecule has 196 valence electrons. The molecule has 4 rings (SSSR count). The average molecular weight is 536 g/mol. The Bertz CT molecular complexity index is 1520. The number of amides is 1. The number of halogens is 6. The van der Waals surface area contributed by atoms with E-state index < -0.39 is 53.4 Å². The molecule has 3 N–H and O–H groups in total. The zero-order valence-corrected chi connectivity index (χ0v) is 18.8. The Kier molecular flexibility index (Phi) is 6.85. The number of fused-ring (bicyclic) bond motifs is 1. The lowest BCUT2D eigenvalue weighted by Gasteiger charge is -2.14. The molecule has 0 aliphatic carbocycles. The van der Waals surface area contributed by atoms with E-state index in [1.54, 1.807) is 0 Å². The predicted molar refractivity (Wildman–Crippen MR) is 120 cm³/mol. The van der Waals surface area contributed by atoms with Crippen molar-refractivity contribution in [3.05, 3.63) is 71.7 Å². The minimum Gasteiger partial charge on any atom is -0.451 e. The average Bonchev–Trinajstić information content (AvgIpc) is 2.86. The molecule has 0 bridgehead atoms. The number of rotatable bonds is 6. The van der Waals surface area contributed by atoms with Crippen molar-refractivity contribution < 1.29 is 40.7 Å². The van der Waals surface area contributed by atoms with E-state index in [0.717, 1.165) is 24.4 Å². The lowest BCUT2D eigenvalue weighted by Crippen LogP contribution is -2.21. The molecule has 38 heavy (non-hydrogen) atoms. The third-order valence-electron chi connectivity index (χ3n) is 4.94. The van der Waals surface area contributed by atoms with Gasteiger partial charge in [0.2, 0.25) is 0 Å². The van der Waals surface area contributed by atoms with E-state index >= 15 is 0 Å². The number of primary amides is 1. The summed E-state index contributed by atoms with van der Waals surface area (Å²) >= 11 is 0. The van der Waals surface area contributed by atoms with Crippen LogP contribution in [0, 0.1) is 0 Å². The quantitative estimate of drug-likeness (QED) is 0.272. The number of ether oxygens (including phenoxy) is 1. The monoisotopic (exact) mass is 536 g/mol. The number of hydrogen-bond acceptors (Lipinski definition) is 8. The first kappa shape index (κ1) is 26.2. The highest BCUT2D eigenvalue weighted by atomic mass is 19.4. The number of nitrogens with one attached hydrogen (secondary N) is 1. The standard InChI is InChI=1S/C23H14F6N6O3/c24-22(25,26)11-1-3-12(4-2-11)33-14-7-8-31-20-19(14)32-9-16(35-20)18-13(23(27,28)29)5-6-15(34-18)21(37)38-10-17(30)36/h1-9H,10H2,(H2,30,36)(H,31,33,35). The number of anilines is 2. The van der Waals surface area contributed by atoms with Gasteiger partial charge in [0, 0.05) is 11.9 Å². The van der Waals surface area contributed by atoms with Gasteiger partial charge in [-0.05, 0) is 42.5 Å². The molecule has 0 saturated carbocycles. The smallest absolute Gasteiger partial charge is 0.418 e. The Morgan fingerprint density at radius 3 is 2.24 bits per heavy atom. The number of esters is 1. The highest BCUT2D eigenvalue weighted by molar-refractivity contribution is 5.91. The first-order valence-corrected chi connectivity index (χ1v) is 10.4. The first-order valence-electron chi connectivity index (χ1n) is 10.4. The molecule has 4 aromatic rings.